The normalized spacial score (nSPS) is 24.1. The van der Waals surface area contributed by atoms with Gasteiger partial charge in [-0.1, -0.05) is 77.3 Å². The maximum Gasteiger partial charge on any atom is 0.328 e. The molecule has 1 aliphatic heterocycles. The quantitative estimate of drug-likeness (QED) is 0.548. The Bertz CT molecular complexity index is 856. The molecule has 0 spiro atoms. The average molecular weight is 502 g/mol. The van der Waals surface area contributed by atoms with Crippen LogP contribution in [0.1, 0.15) is 78.2 Å². The van der Waals surface area contributed by atoms with Gasteiger partial charge in [0.25, 0.3) is 0 Å². The second-order valence-corrected chi connectivity index (χ2v) is 10.4. The van der Waals surface area contributed by atoms with E-state index in [1.807, 2.05) is 58.0 Å². The Morgan fingerprint density at radius 1 is 0.750 bits per heavy atom. The van der Waals surface area contributed by atoms with Crippen LogP contribution in [0.3, 0.4) is 0 Å². The number of esters is 1. The number of amides is 3. The van der Waals surface area contributed by atoms with Crippen LogP contribution in [-0.2, 0) is 30.3 Å². The van der Waals surface area contributed by atoms with Crippen molar-refractivity contribution in [2.24, 2.45) is 11.8 Å². The zero-order valence-corrected chi connectivity index (χ0v) is 22.2. The molecule has 8 heteroatoms. The van der Waals surface area contributed by atoms with Gasteiger partial charge in [-0.25, -0.2) is 4.79 Å². The number of nitrogens with one attached hydrogen (secondary N) is 3. The molecule has 0 aliphatic carbocycles. The molecule has 0 unspecified atom stereocenters. The van der Waals surface area contributed by atoms with Crippen molar-refractivity contribution >= 4 is 23.7 Å². The summed E-state index contributed by atoms with van der Waals surface area (Å²) in [7, 11) is 0. The molecule has 1 aromatic carbocycles. The first-order chi connectivity index (χ1) is 17.2. The first-order valence-electron chi connectivity index (χ1n) is 13.3. The fourth-order valence-corrected chi connectivity index (χ4v) is 4.25. The van der Waals surface area contributed by atoms with Crippen LogP contribution < -0.4 is 16.0 Å². The average Bonchev–Trinajstić information content (AvgIpc) is 2.83. The third kappa shape index (κ3) is 10.4. The molecule has 3 N–H and O–H groups in total. The van der Waals surface area contributed by atoms with E-state index in [0.717, 1.165) is 37.7 Å². The van der Waals surface area contributed by atoms with Crippen molar-refractivity contribution in [3.8, 4) is 0 Å². The topological polar surface area (TPSA) is 114 Å². The molecule has 1 fully saturated rings. The van der Waals surface area contributed by atoms with Crippen LogP contribution in [0.2, 0.25) is 0 Å². The number of benzene rings is 1. The lowest BCUT2D eigenvalue weighted by Crippen LogP contribution is -2.55. The number of hydrogen-bond acceptors (Lipinski definition) is 5. The zero-order chi connectivity index (χ0) is 26.5. The Labute approximate surface area is 215 Å². The van der Waals surface area contributed by atoms with Gasteiger partial charge in [-0.15, -0.1) is 0 Å². The van der Waals surface area contributed by atoms with Crippen LogP contribution in [0.5, 0.6) is 0 Å². The minimum Gasteiger partial charge on any atom is -0.462 e. The van der Waals surface area contributed by atoms with E-state index in [4.69, 9.17) is 4.74 Å². The number of ether oxygens (including phenoxy) is 1. The van der Waals surface area contributed by atoms with E-state index in [2.05, 4.69) is 16.0 Å². The smallest absolute Gasteiger partial charge is 0.328 e. The van der Waals surface area contributed by atoms with E-state index in [1.165, 1.54) is 0 Å². The summed E-state index contributed by atoms with van der Waals surface area (Å²) in [5.74, 6) is -1.57. The summed E-state index contributed by atoms with van der Waals surface area (Å²) in [6.07, 6.45) is 5.50. The number of carbonyl (C=O) groups excluding carboxylic acids is 4. The van der Waals surface area contributed by atoms with Crippen LogP contribution in [-0.4, -0.2) is 48.4 Å². The molecule has 0 saturated carbocycles. The Morgan fingerprint density at radius 3 is 1.89 bits per heavy atom. The lowest BCUT2D eigenvalue weighted by Gasteiger charge is -2.27. The van der Waals surface area contributed by atoms with Gasteiger partial charge in [0.05, 0.1) is 6.04 Å². The fourth-order valence-electron chi connectivity index (χ4n) is 4.25. The minimum atomic E-state index is -0.870. The van der Waals surface area contributed by atoms with Crippen LogP contribution in [0.25, 0.3) is 0 Å². The largest absolute Gasteiger partial charge is 0.462 e. The highest BCUT2D eigenvalue weighted by atomic mass is 16.5. The Kier molecular flexibility index (Phi) is 12.4. The third-order valence-electron chi connectivity index (χ3n) is 6.41. The van der Waals surface area contributed by atoms with Crippen LogP contribution >= 0.6 is 0 Å². The molecule has 1 aromatic rings. The zero-order valence-electron chi connectivity index (χ0n) is 22.2. The first kappa shape index (κ1) is 29.3. The predicted octanol–water partition coefficient (Wildman–Crippen LogP) is 3.28. The van der Waals surface area contributed by atoms with Crippen molar-refractivity contribution in [2.75, 3.05) is 6.61 Å². The van der Waals surface area contributed by atoms with Crippen molar-refractivity contribution < 1.29 is 23.9 Å². The van der Waals surface area contributed by atoms with Crippen LogP contribution in [0.15, 0.2) is 30.3 Å². The van der Waals surface area contributed by atoms with Crippen LogP contribution in [0, 0.1) is 11.8 Å². The Balaban J connectivity index is 2.19. The Hall–Kier alpha value is -2.90. The van der Waals surface area contributed by atoms with Gasteiger partial charge < -0.3 is 20.7 Å². The van der Waals surface area contributed by atoms with E-state index in [1.54, 1.807) is 0 Å². The van der Waals surface area contributed by atoms with Gasteiger partial charge in [0.1, 0.15) is 18.7 Å². The fraction of sp³-hybridized carbons (Fsp3) is 0.643. The lowest BCUT2D eigenvalue weighted by atomic mass is 10.00. The highest BCUT2D eigenvalue weighted by molar-refractivity contribution is 5.91. The third-order valence-corrected chi connectivity index (χ3v) is 6.41. The summed E-state index contributed by atoms with van der Waals surface area (Å²) in [6, 6.07) is 7.75. The molecule has 0 bridgehead atoms. The van der Waals surface area contributed by atoms with E-state index >= 15 is 0 Å². The van der Waals surface area contributed by atoms with Gasteiger partial charge in [0, 0.05) is 12.8 Å². The van der Waals surface area contributed by atoms with Crippen molar-refractivity contribution in [3.05, 3.63) is 35.9 Å². The molecule has 2 rings (SSSR count). The SMILES string of the molecule is CC(C)[C@@H]1NC(=O)CCCCCCCC(=O)N[C@@H](Cc2ccccc2)COC(=O)[C@H](C(C)C)NC1=O. The van der Waals surface area contributed by atoms with E-state index < -0.39 is 24.0 Å². The number of carbonyl (C=O) groups is 4. The summed E-state index contributed by atoms with van der Waals surface area (Å²) in [5.41, 5.74) is 1.03. The number of hydrogen-bond donors (Lipinski definition) is 3. The highest BCUT2D eigenvalue weighted by Crippen LogP contribution is 2.12. The molecule has 1 heterocycles. The summed E-state index contributed by atoms with van der Waals surface area (Å²) < 4.78 is 5.62. The lowest BCUT2D eigenvalue weighted by molar-refractivity contribution is -0.150. The minimum absolute atomic E-state index is 0.00288. The summed E-state index contributed by atoms with van der Waals surface area (Å²) in [4.78, 5) is 51.1. The predicted molar refractivity (Wildman–Crippen MR) is 139 cm³/mol. The van der Waals surface area contributed by atoms with Gasteiger partial charge >= 0.3 is 5.97 Å². The molecule has 0 radical (unpaired) electrons. The molecule has 200 valence electrons. The van der Waals surface area contributed by atoms with Gasteiger partial charge in [-0.3, -0.25) is 14.4 Å². The summed E-state index contributed by atoms with van der Waals surface area (Å²) in [5, 5.41) is 8.65. The molecule has 1 saturated heterocycles. The van der Waals surface area contributed by atoms with E-state index in [0.29, 0.717) is 19.3 Å². The highest BCUT2D eigenvalue weighted by Gasteiger charge is 2.31. The van der Waals surface area contributed by atoms with Crippen molar-refractivity contribution in [1.29, 1.82) is 0 Å². The molecular weight excluding hydrogens is 458 g/mol. The molecule has 1 aliphatic rings. The van der Waals surface area contributed by atoms with Gasteiger partial charge in [-0.2, -0.15) is 0 Å². The molecule has 3 amide bonds. The molecule has 8 nitrogen and oxygen atoms in total. The van der Waals surface area contributed by atoms with E-state index in [9.17, 15) is 19.2 Å². The summed E-state index contributed by atoms with van der Waals surface area (Å²) in [6.45, 7) is 7.38. The summed E-state index contributed by atoms with van der Waals surface area (Å²) >= 11 is 0. The Morgan fingerprint density at radius 2 is 1.31 bits per heavy atom. The molecule has 36 heavy (non-hydrogen) atoms. The second-order valence-electron chi connectivity index (χ2n) is 10.4. The number of cyclic esters (lactones) is 1. The van der Waals surface area contributed by atoms with Crippen molar-refractivity contribution in [2.45, 2.75) is 97.2 Å². The maximum absolute atomic E-state index is 13.1. The first-order valence-corrected chi connectivity index (χ1v) is 13.3. The van der Waals surface area contributed by atoms with Gasteiger partial charge in [0.15, 0.2) is 0 Å². The number of rotatable bonds is 4. The van der Waals surface area contributed by atoms with Crippen molar-refractivity contribution in [3.63, 3.8) is 0 Å². The molecule has 3 atom stereocenters. The molecule has 0 aromatic heterocycles. The second kappa shape index (κ2) is 15.3. The van der Waals surface area contributed by atoms with Crippen molar-refractivity contribution in [1.82, 2.24) is 16.0 Å². The van der Waals surface area contributed by atoms with Crippen LogP contribution in [0.4, 0.5) is 0 Å². The van der Waals surface area contributed by atoms with E-state index in [-0.39, 0.29) is 36.3 Å². The molecular formula is C28H43N3O5. The van der Waals surface area contributed by atoms with Gasteiger partial charge in [-0.05, 0) is 36.7 Å². The maximum atomic E-state index is 13.1. The van der Waals surface area contributed by atoms with Gasteiger partial charge in [0.2, 0.25) is 17.7 Å². The monoisotopic (exact) mass is 501 g/mol. The standard InChI is InChI=1S/C28H43N3O5/c1-19(2)25-27(34)31-26(20(3)4)28(35)36-18-22(17-21-13-9-8-10-14-21)29-23(32)15-11-6-5-7-12-16-24(33)30-25/h8-10,13-14,19-20,22,25-26H,5-7,11-12,15-18H2,1-4H3,(H,29,32)(H,30,33)(H,31,34)/t22-,25-,26-/m0/s1.